The zero-order valence-electron chi connectivity index (χ0n) is 15.7. The topological polar surface area (TPSA) is 62.3 Å². The van der Waals surface area contributed by atoms with E-state index in [1.807, 2.05) is 28.9 Å². The van der Waals surface area contributed by atoms with E-state index >= 15 is 0 Å². The predicted molar refractivity (Wildman–Crippen MR) is 95.5 cm³/mol. The van der Waals surface area contributed by atoms with E-state index in [2.05, 4.69) is 11.8 Å². The first-order chi connectivity index (χ1) is 12.6. The monoisotopic (exact) mass is 363 g/mol. The molecular formula is C19H29N3O4. The van der Waals surface area contributed by atoms with Gasteiger partial charge in [-0.2, -0.15) is 0 Å². The number of rotatable bonds is 6. The molecule has 0 aliphatic carbocycles. The summed E-state index contributed by atoms with van der Waals surface area (Å²) in [5.41, 5.74) is -0.612. The number of piperazine rings is 1. The Kier molecular flexibility index (Phi) is 4.79. The molecule has 0 saturated carbocycles. The number of likely N-dealkylation sites (tertiary alicyclic amines) is 1. The van der Waals surface area contributed by atoms with Crippen LogP contribution in [0.1, 0.15) is 13.8 Å². The normalized spacial score (nSPS) is 36.2. The van der Waals surface area contributed by atoms with Crippen molar-refractivity contribution in [3.8, 4) is 0 Å². The molecule has 144 valence electrons. The van der Waals surface area contributed by atoms with Gasteiger partial charge < -0.3 is 24.2 Å². The number of carbonyl (C=O) groups is 2. The molecule has 4 heterocycles. The van der Waals surface area contributed by atoms with Crippen LogP contribution in [-0.4, -0.2) is 97.2 Å². The minimum Gasteiger partial charge on any atom is -0.380 e. The van der Waals surface area contributed by atoms with Gasteiger partial charge in [0.05, 0.1) is 31.1 Å². The predicted octanol–water partition coefficient (Wildman–Crippen LogP) is -0.0310. The van der Waals surface area contributed by atoms with E-state index in [0.717, 1.165) is 32.7 Å². The summed E-state index contributed by atoms with van der Waals surface area (Å²) < 4.78 is 11.6. The molecule has 0 N–H and O–H groups in total. The molecule has 4 atom stereocenters. The molecule has 1 spiro atoms. The SMILES string of the molecule is CCOCCN1C[C@]23C=C[C@H](O2)[C@H](C(=O)N2CCN(CC)CC2)[C@H]3C1=O. The first-order valence-electron chi connectivity index (χ1n) is 9.84. The van der Waals surface area contributed by atoms with Crippen molar-refractivity contribution in [2.45, 2.75) is 25.6 Å². The fourth-order valence-electron chi connectivity index (χ4n) is 4.86. The van der Waals surface area contributed by atoms with Gasteiger partial charge in [0.2, 0.25) is 11.8 Å². The second-order valence-electron chi connectivity index (χ2n) is 7.62. The summed E-state index contributed by atoms with van der Waals surface area (Å²) in [6, 6.07) is 0. The van der Waals surface area contributed by atoms with Gasteiger partial charge in [-0.15, -0.1) is 0 Å². The molecule has 0 aromatic carbocycles. The molecule has 4 rings (SSSR count). The maximum Gasteiger partial charge on any atom is 0.230 e. The van der Waals surface area contributed by atoms with Crippen molar-refractivity contribution in [1.82, 2.24) is 14.7 Å². The number of nitrogens with zero attached hydrogens (tertiary/aromatic N) is 3. The van der Waals surface area contributed by atoms with E-state index in [1.165, 1.54) is 0 Å². The molecule has 4 aliphatic heterocycles. The van der Waals surface area contributed by atoms with Crippen LogP contribution in [0.15, 0.2) is 12.2 Å². The third-order valence-electron chi connectivity index (χ3n) is 6.30. The van der Waals surface area contributed by atoms with Crippen LogP contribution in [0.25, 0.3) is 0 Å². The van der Waals surface area contributed by atoms with Gasteiger partial charge in [0.1, 0.15) is 5.60 Å². The molecular weight excluding hydrogens is 334 g/mol. The average molecular weight is 363 g/mol. The van der Waals surface area contributed by atoms with Crippen LogP contribution in [0.3, 0.4) is 0 Å². The van der Waals surface area contributed by atoms with Gasteiger partial charge in [-0.25, -0.2) is 0 Å². The number of hydrogen-bond donors (Lipinski definition) is 0. The number of fused-ring (bicyclic) bond motifs is 1. The van der Waals surface area contributed by atoms with Gasteiger partial charge in [0, 0.05) is 39.3 Å². The zero-order valence-corrected chi connectivity index (χ0v) is 15.7. The molecule has 3 fully saturated rings. The molecule has 0 unspecified atom stereocenters. The highest BCUT2D eigenvalue weighted by Crippen LogP contribution is 2.52. The van der Waals surface area contributed by atoms with E-state index < -0.39 is 5.60 Å². The van der Waals surface area contributed by atoms with Crippen LogP contribution in [0.4, 0.5) is 0 Å². The Balaban J connectivity index is 1.47. The lowest BCUT2D eigenvalue weighted by Crippen LogP contribution is -2.53. The van der Waals surface area contributed by atoms with Gasteiger partial charge in [-0.1, -0.05) is 19.1 Å². The third kappa shape index (κ3) is 2.77. The van der Waals surface area contributed by atoms with Crippen LogP contribution in [-0.2, 0) is 19.1 Å². The highest BCUT2D eigenvalue weighted by Gasteiger charge is 2.67. The van der Waals surface area contributed by atoms with Gasteiger partial charge >= 0.3 is 0 Å². The van der Waals surface area contributed by atoms with E-state index in [1.54, 1.807) is 0 Å². The van der Waals surface area contributed by atoms with Crippen LogP contribution in [0, 0.1) is 11.8 Å². The van der Waals surface area contributed by atoms with Gasteiger partial charge in [0.25, 0.3) is 0 Å². The Morgan fingerprint density at radius 3 is 2.77 bits per heavy atom. The highest BCUT2D eigenvalue weighted by molar-refractivity contribution is 5.93. The van der Waals surface area contributed by atoms with Crippen molar-refractivity contribution in [3.63, 3.8) is 0 Å². The summed E-state index contributed by atoms with van der Waals surface area (Å²) in [6.45, 7) is 10.6. The van der Waals surface area contributed by atoms with E-state index in [0.29, 0.717) is 26.3 Å². The van der Waals surface area contributed by atoms with Gasteiger partial charge in [0.15, 0.2) is 0 Å². The van der Waals surface area contributed by atoms with Crippen molar-refractivity contribution < 1.29 is 19.1 Å². The van der Waals surface area contributed by atoms with Gasteiger partial charge in [-0.3, -0.25) is 9.59 Å². The lowest BCUT2D eigenvalue weighted by Gasteiger charge is -2.37. The molecule has 0 aromatic heterocycles. The molecule has 7 heteroatoms. The summed E-state index contributed by atoms with van der Waals surface area (Å²) >= 11 is 0. The van der Waals surface area contributed by atoms with Crippen molar-refractivity contribution in [1.29, 1.82) is 0 Å². The largest absolute Gasteiger partial charge is 0.380 e. The Labute approximate surface area is 154 Å². The van der Waals surface area contributed by atoms with Crippen LogP contribution in [0.5, 0.6) is 0 Å². The summed E-state index contributed by atoms with van der Waals surface area (Å²) in [5.74, 6) is -0.627. The lowest BCUT2D eigenvalue weighted by atomic mass is 9.76. The molecule has 0 radical (unpaired) electrons. The van der Waals surface area contributed by atoms with E-state index in [9.17, 15) is 9.59 Å². The van der Waals surface area contributed by atoms with Crippen LogP contribution < -0.4 is 0 Å². The number of ether oxygens (including phenoxy) is 2. The van der Waals surface area contributed by atoms with Crippen molar-refractivity contribution in [2.75, 3.05) is 59.0 Å². The summed E-state index contributed by atoms with van der Waals surface area (Å²) in [5, 5.41) is 0. The molecule has 7 nitrogen and oxygen atoms in total. The van der Waals surface area contributed by atoms with Crippen molar-refractivity contribution in [2.24, 2.45) is 11.8 Å². The second kappa shape index (κ2) is 6.94. The summed E-state index contributed by atoms with van der Waals surface area (Å²) in [4.78, 5) is 32.4. The Morgan fingerprint density at radius 1 is 1.31 bits per heavy atom. The van der Waals surface area contributed by atoms with Gasteiger partial charge in [-0.05, 0) is 13.5 Å². The Morgan fingerprint density at radius 2 is 2.08 bits per heavy atom. The number of hydrogen-bond acceptors (Lipinski definition) is 5. The summed E-state index contributed by atoms with van der Waals surface area (Å²) in [7, 11) is 0. The zero-order chi connectivity index (χ0) is 18.3. The Hall–Kier alpha value is -1.44. The average Bonchev–Trinajstić information content (AvgIpc) is 3.30. The molecule has 2 amide bonds. The number of amides is 2. The molecule has 2 bridgehead atoms. The maximum absolute atomic E-state index is 13.2. The minimum atomic E-state index is -0.612. The first-order valence-corrected chi connectivity index (χ1v) is 9.84. The minimum absolute atomic E-state index is 0.0436. The smallest absolute Gasteiger partial charge is 0.230 e. The fraction of sp³-hybridized carbons (Fsp3) is 0.789. The summed E-state index contributed by atoms with van der Waals surface area (Å²) in [6.07, 6.45) is 3.75. The molecule has 3 saturated heterocycles. The van der Waals surface area contributed by atoms with Crippen molar-refractivity contribution in [3.05, 3.63) is 12.2 Å². The second-order valence-corrected chi connectivity index (χ2v) is 7.62. The van der Waals surface area contributed by atoms with Crippen molar-refractivity contribution >= 4 is 11.8 Å². The Bertz CT molecular complexity index is 602. The maximum atomic E-state index is 13.2. The van der Waals surface area contributed by atoms with E-state index in [-0.39, 0.29) is 29.8 Å². The lowest BCUT2D eigenvalue weighted by molar-refractivity contribution is -0.144. The first kappa shape index (κ1) is 17.9. The number of likely N-dealkylation sites (N-methyl/N-ethyl adjacent to an activating group) is 1. The van der Waals surface area contributed by atoms with Crippen LogP contribution in [0.2, 0.25) is 0 Å². The van der Waals surface area contributed by atoms with Crippen LogP contribution >= 0.6 is 0 Å². The third-order valence-corrected chi connectivity index (χ3v) is 6.30. The van der Waals surface area contributed by atoms with E-state index in [4.69, 9.17) is 9.47 Å². The standard InChI is InChI=1S/C19H29N3O4/c1-3-20-7-9-21(10-8-20)17(23)15-14-5-6-19(26-14)13-22(11-12-25-4-2)18(24)16(15)19/h5-6,14-16H,3-4,7-13H2,1-2H3/t14-,15-,16-,19-/m0/s1. The molecule has 4 aliphatic rings. The quantitative estimate of drug-likeness (QED) is 0.490. The fourth-order valence-corrected chi connectivity index (χ4v) is 4.86. The molecule has 0 aromatic rings. The highest BCUT2D eigenvalue weighted by atomic mass is 16.5. The molecule has 26 heavy (non-hydrogen) atoms. The number of carbonyl (C=O) groups excluding carboxylic acids is 2.